The second-order valence-corrected chi connectivity index (χ2v) is 15.6. The van der Waals surface area contributed by atoms with E-state index in [1.165, 1.54) is 32.7 Å². The molecular formula is C57H35N3O. The molecule has 0 saturated heterocycles. The lowest BCUT2D eigenvalue weighted by Crippen LogP contribution is -2.00. The van der Waals surface area contributed by atoms with Gasteiger partial charge < -0.3 is 4.42 Å². The van der Waals surface area contributed by atoms with E-state index >= 15 is 0 Å². The zero-order valence-electron chi connectivity index (χ0n) is 33.0. The Labute approximate surface area is 352 Å². The maximum absolute atomic E-state index is 6.52. The van der Waals surface area contributed by atoms with E-state index in [-0.39, 0.29) is 0 Å². The molecule has 2 aromatic heterocycles. The first-order chi connectivity index (χ1) is 30.2. The highest BCUT2D eigenvalue weighted by Gasteiger charge is 2.16. The van der Waals surface area contributed by atoms with Crippen molar-refractivity contribution in [2.75, 3.05) is 0 Å². The maximum Gasteiger partial charge on any atom is 0.164 e. The summed E-state index contributed by atoms with van der Waals surface area (Å²) in [6.07, 6.45) is 0. The lowest BCUT2D eigenvalue weighted by atomic mass is 9.95. The number of hydrogen-bond donors (Lipinski definition) is 0. The highest BCUT2D eigenvalue weighted by Crippen LogP contribution is 2.40. The predicted molar refractivity (Wildman–Crippen MR) is 252 cm³/mol. The number of fused-ring (bicyclic) bond motifs is 6. The van der Waals surface area contributed by atoms with Gasteiger partial charge in [0.1, 0.15) is 11.2 Å². The molecule has 0 aliphatic carbocycles. The summed E-state index contributed by atoms with van der Waals surface area (Å²) in [5.74, 6) is 1.90. The van der Waals surface area contributed by atoms with Crippen LogP contribution in [0.1, 0.15) is 0 Å². The molecule has 61 heavy (non-hydrogen) atoms. The van der Waals surface area contributed by atoms with Crippen LogP contribution in [0.15, 0.2) is 217 Å². The van der Waals surface area contributed by atoms with Crippen LogP contribution in [0.4, 0.5) is 0 Å². The third-order valence-electron chi connectivity index (χ3n) is 11.9. The molecule has 0 N–H and O–H groups in total. The van der Waals surface area contributed by atoms with Crippen LogP contribution in [-0.4, -0.2) is 15.0 Å². The third kappa shape index (κ3) is 6.30. The molecule has 0 atom stereocenters. The van der Waals surface area contributed by atoms with Gasteiger partial charge in [-0.3, -0.25) is 0 Å². The zero-order valence-corrected chi connectivity index (χ0v) is 33.0. The molecule has 0 amide bonds. The molecule has 0 spiro atoms. The first-order valence-electron chi connectivity index (χ1n) is 20.6. The largest absolute Gasteiger partial charge is 0.456 e. The molecule has 10 aromatic carbocycles. The van der Waals surface area contributed by atoms with Crippen LogP contribution in [0.5, 0.6) is 0 Å². The molecule has 0 bridgehead atoms. The molecule has 0 radical (unpaired) electrons. The van der Waals surface area contributed by atoms with Gasteiger partial charge in [-0.1, -0.05) is 170 Å². The number of hydrogen-bond acceptors (Lipinski definition) is 4. The van der Waals surface area contributed by atoms with Crippen LogP contribution in [0.2, 0.25) is 0 Å². The molecule has 0 aliphatic rings. The third-order valence-corrected chi connectivity index (χ3v) is 11.9. The summed E-state index contributed by atoms with van der Waals surface area (Å²) in [5.41, 5.74) is 11.5. The van der Waals surface area contributed by atoms with Gasteiger partial charge >= 0.3 is 0 Å². The number of rotatable bonds is 6. The van der Waals surface area contributed by atoms with Crippen molar-refractivity contribution in [1.29, 1.82) is 0 Å². The van der Waals surface area contributed by atoms with Gasteiger partial charge in [0.2, 0.25) is 0 Å². The second kappa shape index (κ2) is 14.3. The average molecular weight is 778 g/mol. The first-order valence-corrected chi connectivity index (χ1v) is 20.6. The Bertz CT molecular complexity index is 3650. The molecule has 0 unspecified atom stereocenters. The van der Waals surface area contributed by atoms with Gasteiger partial charge in [-0.25, -0.2) is 15.0 Å². The van der Waals surface area contributed by atoms with Crippen molar-refractivity contribution >= 4 is 54.3 Å². The number of nitrogens with zero attached hydrogens (tertiary/aromatic N) is 3. The Balaban J connectivity index is 0.894. The van der Waals surface area contributed by atoms with Crippen molar-refractivity contribution in [3.8, 4) is 67.5 Å². The SMILES string of the molecule is c1ccc(-c2nc(-c3ccc(-c4ccc5ccccc5c4)cc3)nc(-c3ccc4cc(-c5cccc6oc7cc(-c8ccc9ccccc9c8)ccc7c56)ccc4c3)n2)cc1. The predicted octanol–water partition coefficient (Wildman–Crippen LogP) is 15.2. The summed E-state index contributed by atoms with van der Waals surface area (Å²) in [5, 5.41) is 9.38. The van der Waals surface area contributed by atoms with Crippen LogP contribution in [0, 0.1) is 0 Å². The summed E-state index contributed by atoms with van der Waals surface area (Å²) in [4.78, 5) is 15.1. The molecule has 0 aliphatic heterocycles. The van der Waals surface area contributed by atoms with Crippen molar-refractivity contribution in [1.82, 2.24) is 15.0 Å². The van der Waals surface area contributed by atoms with Gasteiger partial charge in [-0.15, -0.1) is 0 Å². The molecule has 284 valence electrons. The summed E-state index contributed by atoms with van der Waals surface area (Å²) in [7, 11) is 0. The van der Waals surface area contributed by atoms with E-state index in [9.17, 15) is 0 Å². The molecule has 2 heterocycles. The Morgan fingerprint density at radius 2 is 0.705 bits per heavy atom. The summed E-state index contributed by atoms with van der Waals surface area (Å²) >= 11 is 0. The quantitative estimate of drug-likeness (QED) is 0.169. The van der Waals surface area contributed by atoms with E-state index < -0.39 is 0 Å². The first kappa shape index (κ1) is 34.8. The van der Waals surface area contributed by atoms with E-state index in [1.54, 1.807) is 0 Å². The van der Waals surface area contributed by atoms with Crippen LogP contribution in [-0.2, 0) is 0 Å². The number of furan rings is 1. The van der Waals surface area contributed by atoms with Gasteiger partial charge in [-0.05, 0) is 108 Å². The fourth-order valence-corrected chi connectivity index (χ4v) is 8.70. The lowest BCUT2D eigenvalue weighted by molar-refractivity contribution is 0.669. The van der Waals surface area contributed by atoms with Gasteiger partial charge in [-0.2, -0.15) is 0 Å². The van der Waals surface area contributed by atoms with Crippen LogP contribution >= 0.6 is 0 Å². The second-order valence-electron chi connectivity index (χ2n) is 15.6. The zero-order chi connectivity index (χ0) is 40.3. The number of aromatic nitrogens is 3. The fourth-order valence-electron chi connectivity index (χ4n) is 8.70. The lowest BCUT2D eigenvalue weighted by Gasteiger charge is -2.11. The molecule has 4 heteroatoms. The minimum Gasteiger partial charge on any atom is -0.456 e. The standard InChI is InChI=1S/C57H35N3O/c1-2-11-39(12-3-1)55-58-56(40-21-17-38(18-22-40)43-23-19-36-9-4-6-13-41(36)31-43)60-57(59-55)49-28-26-45-33-48(27-25-46(45)34-49)50-15-8-16-52-54(50)51-30-29-47(35-53(51)61-52)44-24-20-37-10-5-7-14-42(37)32-44/h1-35H. The Morgan fingerprint density at radius 3 is 1.39 bits per heavy atom. The number of benzene rings is 10. The molecule has 0 fully saturated rings. The van der Waals surface area contributed by atoms with Crippen LogP contribution in [0.25, 0.3) is 122 Å². The van der Waals surface area contributed by atoms with Gasteiger partial charge in [0.05, 0.1) is 0 Å². The van der Waals surface area contributed by atoms with Gasteiger partial charge in [0.15, 0.2) is 17.5 Å². The van der Waals surface area contributed by atoms with Crippen molar-refractivity contribution < 1.29 is 4.42 Å². The normalized spacial score (nSPS) is 11.6. The highest BCUT2D eigenvalue weighted by atomic mass is 16.3. The molecule has 12 aromatic rings. The fraction of sp³-hybridized carbons (Fsp3) is 0. The van der Waals surface area contributed by atoms with E-state index in [0.717, 1.165) is 71.7 Å². The minimum atomic E-state index is 0.631. The van der Waals surface area contributed by atoms with Crippen LogP contribution < -0.4 is 0 Å². The molecular weight excluding hydrogens is 743 g/mol. The Morgan fingerprint density at radius 1 is 0.262 bits per heavy atom. The molecule has 4 nitrogen and oxygen atoms in total. The van der Waals surface area contributed by atoms with Crippen molar-refractivity contribution in [3.05, 3.63) is 212 Å². The minimum absolute atomic E-state index is 0.631. The monoisotopic (exact) mass is 777 g/mol. The van der Waals surface area contributed by atoms with E-state index in [0.29, 0.717) is 17.5 Å². The van der Waals surface area contributed by atoms with Crippen LogP contribution in [0.3, 0.4) is 0 Å². The van der Waals surface area contributed by atoms with Crippen molar-refractivity contribution in [2.45, 2.75) is 0 Å². The summed E-state index contributed by atoms with van der Waals surface area (Å²) in [6.45, 7) is 0. The van der Waals surface area contributed by atoms with E-state index in [1.807, 2.05) is 30.3 Å². The Hall–Kier alpha value is -8.21. The van der Waals surface area contributed by atoms with Gasteiger partial charge in [0, 0.05) is 27.5 Å². The van der Waals surface area contributed by atoms with Gasteiger partial charge in [0.25, 0.3) is 0 Å². The molecule has 0 saturated carbocycles. The summed E-state index contributed by atoms with van der Waals surface area (Å²) in [6, 6.07) is 74.8. The van der Waals surface area contributed by atoms with Crippen molar-refractivity contribution in [2.24, 2.45) is 0 Å². The topological polar surface area (TPSA) is 51.8 Å². The average Bonchev–Trinajstić information content (AvgIpc) is 3.72. The smallest absolute Gasteiger partial charge is 0.164 e. The molecule has 12 rings (SSSR count). The maximum atomic E-state index is 6.52. The van der Waals surface area contributed by atoms with E-state index in [2.05, 4.69) is 182 Å². The Kier molecular flexibility index (Phi) is 8.13. The van der Waals surface area contributed by atoms with E-state index in [4.69, 9.17) is 19.4 Å². The van der Waals surface area contributed by atoms with Crippen molar-refractivity contribution in [3.63, 3.8) is 0 Å². The summed E-state index contributed by atoms with van der Waals surface area (Å²) < 4.78 is 6.52. The highest BCUT2D eigenvalue weighted by molar-refractivity contribution is 6.13.